The van der Waals surface area contributed by atoms with E-state index in [9.17, 15) is 0 Å². The average molecular weight is 241 g/mol. The largest absolute Gasteiger partial charge is 0.497 e. The quantitative estimate of drug-likeness (QED) is 0.895. The molecule has 0 saturated carbocycles. The highest BCUT2D eigenvalue weighted by atomic mass is 16.5. The summed E-state index contributed by atoms with van der Waals surface area (Å²) in [7, 11) is 1.70. The first-order valence-corrected chi connectivity index (χ1v) is 5.92. The third-order valence-electron chi connectivity index (χ3n) is 3.10. The molecule has 2 aromatic rings. The van der Waals surface area contributed by atoms with Crippen molar-refractivity contribution in [3.8, 4) is 5.75 Å². The zero-order chi connectivity index (χ0) is 12.4. The Morgan fingerprint density at radius 2 is 1.89 bits per heavy atom. The van der Waals surface area contributed by atoms with E-state index in [4.69, 9.17) is 4.74 Å². The SMILES string of the molecule is COc1ccc2c(c1)CN(Nc1ccncc1)C2. The first kappa shape index (κ1) is 11.0. The molecule has 0 bridgehead atoms. The molecule has 1 N–H and O–H groups in total. The van der Waals surface area contributed by atoms with E-state index < -0.39 is 0 Å². The molecule has 4 nitrogen and oxygen atoms in total. The van der Waals surface area contributed by atoms with E-state index >= 15 is 0 Å². The fraction of sp³-hybridized carbons (Fsp3) is 0.214. The molecule has 0 atom stereocenters. The lowest BCUT2D eigenvalue weighted by molar-refractivity contribution is 0.346. The molecule has 0 unspecified atom stereocenters. The number of rotatable bonds is 3. The Labute approximate surface area is 106 Å². The summed E-state index contributed by atoms with van der Waals surface area (Å²) < 4.78 is 5.25. The normalized spacial score (nSPS) is 14.3. The molecule has 2 heterocycles. The molecule has 92 valence electrons. The summed E-state index contributed by atoms with van der Waals surface area (Å²) in [4.78, 5) is 4.01. The van der Waals surface area contributed by atoms with E-state index in [1.807, 2.05) is 18.2 Å². The van der Waals surface area contributed by atoms with E-state index in [1.165, 1.54) is 11.1 Å². The van der Waals surface area contributed by atoms with Crippen molar-refractivity contribution in [2.45, 2.75) is 13.1 Å². The second-order valence-electron chi connectivity index (χ2n) is 4.34. The molecule has 0 aliphatic carbocycles. The van der Waals surface area contributed by atoms with Crippen molar-refractivity contribution in [2.24, 2.45) is 0 Å². The van der Waals surface area contributed by atoms with Crippen molar-refractivity contribution in [1.29, 1.82) is 0 Å². The monoisotopic (exact) mass is 241 g/mol. The van der Waals surface area contributed by atoms with Gasteiger partial charge in [-0.25, -0.2) is 5.01 Å². The minimum atomic E-state index is 0.884. The van der Waals surface area contributed by atoms with Crippen LogP contribution in [0.1, 0.15) is 11.1 Å². The molecule has 1 aromatic carbocycles. The van der Waals surface area contributed by atoms with Crippen LogP contribution in [0.15, 0.2) is 42.7 Å². The average Bonchev–Trinajstić information content (AvgIpc) is 2.80. The molecule has 0 radical (unpaired) electrons. The number of hydrazine groups is 1. The molecule has 1 aliphatic heterocycles. The van der Waals surface area contributed by atoms with Gasteiger partial charge in [0.2, 0.25) is 0 Å². The van der Waals surface area contributed by atoms with E-state index in [-0.39, 0.29) is 0 Å². The molecule has 0 spiro atoms. The van der Waals surface area contributed by atoms with Crippen LogP contribution in [0.2, 0.25) is 0 Å². The second kappa shape index (κ2) is 4.66. The van der Waals surface area contributed by atoms with Crippen molar-refractivity contribution in [2.75, 3.05) is 12.5 Å². The number of benzene rings is 1. The molecular formula is C14H15N3O. The molecule has 0 saturated heterocycles. The van der Waals surface area contributed by atoms with Crippen molar-refractivity contribution in [3.05, 3.63) is 53.9 Å². The van der Waals surface area contributed by atoms with Crippen molar-refractivity contribution in [3.63, 3.8) is 0 Å². The van der Waals surface area contributed by atoms with Gasteiger partial charge in [0.25, 0.3) is 0 Å². The Morgan fingerprint density at radius 3 is 2.67 bits per heavy atom. The molecule has 1 aromatic heterocycles. The first-order valence-electron chi connectivity index (χ1n) is 5.92. The molecule has 0 fully saturated rings. The Balaban J connectivity index is 1.73. The highest BCUT2D eigenvalue weighted by Gasteiger charge is 2.19. The third-order valence-corrected chi connectivity index (χ3v) is 3.10. The lowest BCUT2D eigenvalue weighted by Crippen LogP contribution is -2.23. The van der Waals surface area contributed by atoms with Gasteiger partial charge in [0.1, 0.15) is 5.75 Å². The van der Waals surface area contributed by atoms with Crippen LogP contribution in [0, 0.1) is 0 Å². The summed E-state index contributed by atoms with van der Waals surface area (Å²) in [5, 5.41) is 2.18. The number of nitrogens with one attached hydrogen (secondary N) is 1. The fourth-order valence-electron chi connectivity index (χ4n) is 2.19. The third kappa shape index (κ3) is 2.15. The van der Waals surface area contributed by atoms with Gasteiger partial charge in [-0.15, -0.1) is 0 Å². The smallest absolute Gasteiger partial charge is 0.119 e. The highest BCUT2D eigenvalue weighted by Crippen LogP contribution is 2.26. The summed E-state index contributed by atoms with van der Waals surface area (Å²) in [6.07, 6.45) is 3.57. The van der Waals surface area contributed by atoms with Crippen LogP contribution in [0.4, 0.5) is 5.69 Å². The number of nitrogens with zero attached hydrogens (tertiary/aromatic N) is 2. The number of methoxy groups -OCH3 is 1. The van der Waals surface area contributed by atoms with E-state index in [1.54, 1.807) is 19.5 Å². The number of hydrogen-bond donors (Lipinski definition) is 1. The maximum Gasteiger partial charge on any atom is 0.119 e. The molecule has 3 rings (SSSR count). The molecule has 0 amide bonds. The minimum absolute atomic E-state index is 0.884. The summed E-state index contributed by atoms with van der Waals surface area (Å²) >= 11 is 0. The first-order chi connectivity index (χ1) is 8.85. The fourth-order valence-corrected chi connectivity index (χ4v) is 2.19. The van der Waals surface area contributed by atoms with Crippen LogP contribution in [0.3, 0.4) is 0 Å². The number of ether oxygens (including phenoxy) is 1. The van der Waals surface area contributed by atoms with E-state index in [2.05, 4.69) is 27.6 Å². The minimum Gasteiger partial charge on any atom is -0.497 e. The lowest BCUT2D eigenvalue weighted by atomic mass is 10.1. The lowest BCUT2D eigenvalue weighted by Gasteiger charge is -2.17. The standard InChI is InChI=1S/C14H15N3O/c1-18-14-3-2-11-9-17(10-12(11)8-14)16-13-4-6-15-7-5-13/h2-8H,9-10H2,1H3,(H,15,16). The Hall–Kier alpha value is -2.07. The summed E-state index contributed by atoms with van der Waals surface area (Å²) in [6, 6.07) is 10.2. The van der Waals surface area contributed by atoms with E-state index in [0.717, 1.165) is 24.5 Å². The predicted molar refractivity (Wildman–Crippen MR) is 70.1 cm³/mol. The van der Waals surface area contributed by atoms with Crippen LogP contribution in [-0.4, -0.2) is 17.1 Å². The maximum absolute atomic E-state index is 5.25. The number of aromatic nitrogens is 1. The Bertz CT molecular complexity index is 542. The zero-order valence-electron chi connectivity index (χ0n) is 10.3. The van der Waals surface area contributed by atoms with Gasteiger partial charge in [-0.1, -0.05) is 6.07 Å². The van der Waals surface area contributed by atoms with Crippen LogP contribution in [0.25, 0.3) is 0 Å². The Morgan fingerprint density at radius 1 is 1.11 bits per heavy atom. The number of hydrogen-bond acceptors (Lipinski definition) is 4. The molecule has 4 heteroatoms. The van der Waals surface area contributed by atoms with Crippen LogP contribution in [0.5, 0.6) is 5.75 Å². The van der Waals surface area contributed by atoms with E-state index in [0.29, 0.717) is 0 Å². The molecule has 1 aliphatic rings. The summed E-state index contributed by atoms with van der Waals surface area (Å²) in [5.41, 5.74) is 7.10. The van der Waals surface area contributed by atoms with Gasteiger partial charge in [-0.3, -0.25) is 4.98 Å². The van der Waals surface area contributed by atoms with Crippen LogP contribution < -0.4 is 10.2 Å². The van der Waals surface area contributed by atoms with Crippen molar-refractivity contribution in [1.82, 2.24) is 9.99 Å². The van der Waals surface area contributed by atoms with Crippen molar-refractivity contribution < 1.29 is 4.74 Å². The van der Waals surface area contributed by atoms with Gasteiger partial charge in [-0.2, -0.15) is 0 Å². The summed E-state index contributed by atoms with van der Waals surface area (Å²) in [6.45, 7) is 1.79. The zero-order valence-corrected chi connectivity index (χ0v) is 10.3. The highest BCUT2D eigenvalue weighted by molar-refractivity contribution is 5.42. The van der Waals surface area contributed by atoms with Gasteiger partial charge in [0, 0.05) is 25.5 Å². The molecular weight excluding hydrogens is 226 g/mol. The van der Waals surface area contributed by atoms with Gasteiger partial charge < -0.3 is 10.2 Å². The number of anilines is 1. The van der Waals surface area contributed by atoms with Crippen LogP contribution in [-0.2, 0) is 13.1 Å². The van der Waals surface area contributed by atoms with Gasteiger partial charge >= 0.3 is 0 Å². The van der Waals surface area contributed by atoms with Crippen LogP contribution >= 0.6 is 0 Å². The van der Waals surface area contributed by atoms with Gasteiger partial charge in [0.05, 0.1) is 12.8 Å². The van der Waals surface area contributed by atoms with Crippen molar-refractivity contribution >= 4 is 5.69 Å². The second-order valence-corrected chi connectivity index (χ2v) is 4.34. The number of fused-ring (bicyclic) bond motifs is 1. The van der Waals surface area contributed by atoms with Gasteiger partial charge in [-0.05, 0) is 35.4 Å². The predicted octanol–water partition coefficient (Wildman–Crippen LogP) is 2.43. The number of pyridine rings is 1. The van der Waals surface area contributed by atoms with Gasteiger partial charge in [0.15, 0.2) is 0 Å². The topological polar surface area (TPSA) is 37.4 Å². The Kier molecular flexibility index (Phi) is 2.86. The summed E-state index contributed by atoms with van der Waals surface area (Å²) in [5.74, 6) is 0.916. The molecule has 18 heavy (non-hydrogen) atoms. The maximum atomic E-state index is 5.25.